The Morgan fingerprint density at radius 3 is 2.27 bits per heavy atom. The molecule has 0 bridgehead atoms. The molecule has 1 saturated heterocycles. The molecule has 7 nitrogen and oxygen atoms in total. The highest BCUT2D eigenvalue weighted by Crippen LogP contribution is 2.27. The predicted octanol–water partition coefficient (Wildman–Crippen LogP) is 3.72. The Bertz CT molecular complexity index is 1240. The molecule has 2 amide bonds. The first-order valence-electron chi connectivity index (χ1n) is 10.6. The van der Waals surface area contributed by atoms with Crippen LogP contribution in [0.15, 0.2) is 60.3 Å². The van der Waals surface area contributed by atoms with E-state index in [2.05, 4.69) is 4.57 Å². The minimum atomic E-state index is -0.398. The molecule has 1 aromatic heterocycles. The van der Waals surface area contributed by atoms with Gasteiger partial charge in [-0.05, 0) is 42.9 Å². The van der Waals surface area contributed by atoms with Crippen molar-refractivity contribution in [2.45, 2.75) is 13.0 Å². The number of thiocarbonyl (C=S) groups is 1. The largest absolute Gasteiger partial charge is 0.493 e. The number of rotatable bonds is 7. The number of fused-ring (bicyclic) bond motifs is 1. The van der Waals surface area contributed by atoms with Gasteiger partial charge in [0.15, 0.2) is 16.6 Å². The smallest absolute Gasteiger partial charge is 0.265 e. The lowest BCUT2D eigenvalue weighted by Gasteiger charge is -2.31. The Balaban J connectivity index is 1.56. The van der Waals surface area contributed by atoms with Crippen LogP contribution in [0.25, 0.3) is 17.0 Å². The Kier molecular flexibility index (Phi) is 6.46. The zero-order chi connectivity index (χ0) is 23.5. The summed E-state index contributed by atoms with van der Waals surface area (Å²) < 4.78 is 13.3. The van der Waals surface area contributed by atoms with Crippen LogP contribution in [-0.2, 0) is 16.1 Å². The average molecular weight is 464 g/mol. The van der Waals surface area contributed by atoms with Crippen molar-refractivity contribution < 1.29 is 19.1 Å². The number of amides is 2. The van der Waals surface area contributed by atoms with Crippen molar-refractivity contribution in [3.8, 4) is 11.5 Å². The molecule has 0 unspecified atom stereocenters. The fraction of sp³-hybridized carbons (Fsp3) is 0.240. The van der Waals surface area contributed by atoms with Crippen LogP contribution in [0.1, 0.15) is 12.0 Å². The molecule has 8 heteroatoms. The van der Waals surface area contributed by atoms with Crippen LogP contribution in [-0.4, -0.2) is 59.1 Å². The predicted molar refractivity (Wildman–Crippen MR) is 131 cm³/mol. The Morgan fingerprint density at radius 1 is 0.939 bits per heavy atom. The molecular weight excluding hydrogens is 438 g/mol. The highest BCUT2D eigenvalue weighted by molar-refractivity contribution is 7.80. The lowest BCUT2D eigenvalue weighted by atomic mass is 10.1. The van der Waals surface area contributed by atoms with E-state index in [1.54, 1.807) is 27.3 Å². The molecule has 3 aromatic rings. The van der Waals surface area contributed by atoms with Crippen molar-refractivity contribution in [2.24, 2.45) is 0 Å². The van der Waals surface area contributed by atoms with Gasteiger partial charge >= 0.3 is 0 Å². The fourth-order valence-corrected chi connectivity index (χ4v) is 4.03. The van der Waals surface area contributed by atoms with Crippen LogP contribution in [0, 0.1) is 0 Å². The summed E-state index contributed by atoms with van der Waals surface area (Å²) in [7, 11) is 4.77. The summed E-state index contributed by atoms with van der Waals surface area (Å²) in [6, 6.07) is 15.5. The molecule has 0 saturated carbocycles. The third-order valence-electron chi connectivity index (χ3n) is 5.63. The Hall–Kier alpha value is -3.65. The van der Waals surface area contributed by atoms with Crippen molar-refractivity contribution in [1.29, 1.82) is 0 Å². The molecule has 0 atom stereocenters. The van der Waals surface area contributed by atoms with Crippen LogP contribution in [0.3, 0.4) is 0 Å². The number of ether oxygens (including phenoxy) is 2. The van der Waals surface area contributed by atoms with Crippen LogP contribution in [0.4, 0.5) is 0 Å². The van der Waals surface area contributed by atoms with E-state index in [4.69, 9.17) is 21.7 Å². The van der Waals surface area contributed by atoms with Crippen molar-refractivity contribution >= 4 is 46.1 Å². The molecule has 1 fully saturated rings. The van der Waals surface area contributed by atoms with Gasteiger partial charge in [-0.15, -0.1) is 0 Å². The normalized spacial score (nSPS) is 14.3. The summed E-state index contributed by atoms with van der Waals surface area (Å²) in [6.07, 6.45) is 4.39. The average Bonchev–Trinajstić information content (AvgIpc) is 3.19. The number of hydrogen-bond acceptors (Lipinski definition) is 5. The molecule has 4 rings (SSSR count). The van der Waals surface area contributed by atoms with Gasteiger partial charge in [0.05, 0.1) is 13.7 Å². The Labute approximate surface area is 197 Å². The number of aromatic nitrogens is 1. The van der Waals surface area contributed by atoms with E-state index in [-0.39, 0.29) is 10.7 Å². The quantitative estimate of drug-likeness (QED) is 0.231. The van der Waals surface area contributed by atoms with E-state index >= 15 is 0 Å². The van der Waals surface area contributed by atoms with Gasteiger partial charge in [-0.1, -0.05) is 30.3 Å². The zero-order valence-electron chi connectivity index (χ0n) is 18.8. The number of hydrogen-bond donors (Lipinski definition) is 0. The number of nitrogens with zero attached hydrogens (tertiary/aromatic N) is 3. The van der Waals surface area contributed by atoms with Crippen molar-refractivity contribution in [3.05, 3.63) is 65.9 Å². The molecule has 0 N–H and O–H groups in total. The Morgan fingerprint density at radius 2 is 1.58 bits per heavy atom. The van der Waals surface area contributed by atoms with E-state index in [0.29, 0.717) is 24.7 Å². The number of likely N-dealkylation sites (N-methyl/N-ethyl adjacent to an activating group) is 2. The summed E-state index contributed by atoms with van der Waals surface area (Å²) in [4.78, 5) is 28.1. The highest BCUT2D eigenvalue weighted by Gasteiger charge is 2.35. The van der Waals surface area contributed by atoms with Gasteiger partial charge < -0.3 is 14.0 Å². The highest BCUT2D eigenvalue weighted by atomic mass is 32.1. The second-order valence-electron chi connectivity index (χ2n) is 7.72. The third kappa shape index (κ3) is 4.34. The first-order chi connectivity index (χ1) is 15.9. The van der Waals surface area contributed by atoms with Crippen LogP contribution in [0.2, 0.25) is 0 Å². The number of carbonyl (C=O) groups excluding carboxylic acids is 2. The molecule has 2 heterocycles. The van der Waals surface area contributed by atoms with Gasteiger partial charge in [-0.2, -0.15) is 0 Å². The van der Waals surface area contributed by atoms with Crippen molar-refractivity contribution in [2.75, 3.05) is 27.8 Å². The number of carbonyl (C=O) groups is 2. The van der Waals surface area contributed by atoms with Gasteiger partial charge in [0.1, 0.15) is 5.57 Å². The first kappa shape index (κ1) is 22.5. The molecule has 0 radical (unpaired) electrons. The van der Waals surface area contributed by atoms with E-state index in [9.17, 15) is 9.59 Å². The van der Waals surface area contributed by atoms with Crippen LogP contribution < -0.4 is 9.47 Å². The van der Waals surface area contributed by atoms with Crippen LogP contribution >= 0.6 is 12.2 Å². The second-order valence-corrected chi connectivity index (χ2v) is 8.08. The van der Waals surface area contributed by atoms with Gasteiger partial charge in [0.2, 0.25) is 0 Å². The molecule has 0 spiro atoms. The lowest BCUT2D eigenvalue weighted by Crippen LogP contribution is -2.52. The van der Waals surface area contributed by atoms with Crippen molar-refractivity contribution in [1.82, 2.24) is 14.4 Å². The maximum atomic E-state index is 12.7. The minimum absolute atomic E-state index is 0.0935. The molecule has 1 aliphatic heterocycles. The number of methoxy groups -OCH3 is 1. The topological polar surface area (TPSA) is 64.0 Å². The van der Waals surface area contributed by atoms with Gasteiger partial charge in [-0.25, -0.2) is 0 Å². The first-order valence-corrected chi connectivity index (χ1v) is 11.0. The molecule has 170 valence electrons. The zero-order valence-corrected chi connectivity index (χ0v) is 19.6. The number of benzene rings is 2. The molecule has 2 aromatic carbocycles. The lowest BCUT2D eigenvalue weighted by molar-refractivity contribution is -0.132. The second kappa shape index (κ2) is 9.46. The number of aryl methyl sites for hydroxylation is 1. The van der Waals surface area contributed by atoms with E-state index in [1.807, 2.05) is 54.7 Å². The molecular formula is C25H25N3O4S. The van der Waals surface area contributed by atoms with E-state index in [0.717, 1.165) is 22.9 Å². The van der Waals surface area contributed by atoms with Gasteiger partial charge in [0.25, 0.3) is 11.8 Å². The maximum Gasteiger partial charge on any atom is 0.265 e. The standard InChI is InChI=1S/C25H25N3O4S/c1-26-23(29)19(24(30)27(2)25(26)33)15-17-16-28(20-10-5-4-9-18(17)20)13-8-14-32-22-12-7-6-11-21(22)31-3/h4-7,9-12,15-16H,8,13-14H2,1-3H3. The van der Waals surface area contributed by atoms with Gasteiger partial charge in [-0.3, -0.25) is 19.4 Å². The monoisotopic (exact) mass is 463 g/mol. The summed E-state index contributed by atoms with van der Waals surface area (Å²) in [6.45, 7) is 1.23. The van der Waals surface area contributed by atoms with Crippen molar-refractivity contribution in [3.63, 3.8) is 0 Å². The maximum absolute atomic E-state index is 12.7. The summed E-state index contributed by atoms with van der Waals surface area (Å²) in [5.41, 5.74) is 1.92. The number of para-hydroxylation sites is 3. The summed E-state index contributed by atoms with van der Waals surface area (Å²) in [5.74, 6) is 0.618. The molecule has 0 aliphatic carbocycles. The minimum Gasteiger partial charge on any atom is -0.493 e. The summed E-state index contributed by atoms with van der Waals surface area (Å²) in [5, 5.41) is 1.16. The molecule has 1 aliphatic rings. The van der Waals surface area contributed by atoms with Gasteiger partial charge in [0, 0.05) is 43.3 Å². The van der Waals surface area contributed by atoms with E-state index < -0.39 is 11.8 Å². The van der Waals surface area contributed by atoms with E-state index in [1.165, 1.54) is 9.80 Å². The SMILES string of the molecule is COc1ccccc1OCCCn1cc(C=C2C(=O)N(C)C(=S)N(C)C2=O)c2ccccc21. The fourth-order valence-electron chi connectivity index (χ4n) is 3.86. The molecule has 33 heavy (non-hydrogen) atoms. The van der Waals surface area contributed by atoms with Crippen LogP contribution in [0.5, 0.6) is 11.5 Å². The third-order valence-corrected chi connectivity index (χ3v) is 6.18. The summed E-state index contributed by atoms with van der Waals surface area (Å²) >= 11 is 5.17.